The van der Waals surface area contributed by atoms with Gasteiger partial charge in [-0.15, -0.1) is 0 Å². The van der Waals surface area contributed by atoms with Gasteiger partial charge >= 0.3 is 0 Å². The Morgan fingerprint density at radius 3 is 2.23 bits per heavy atom. The number of hydrogen-bond acceptors (Lipinski definition) is 2. The van der Waals surface area contributed by atoms with E-state index in [4.69, 9.17) is 16.3 Å². The lowest BCUT2D eigenvalue weighted by molar-refractivity contribution is -0.906. The summed E-state index contributed by atoms with van der Waals surface area (Å²) in [6.45, 7) is 7.80. The van der Waals surface area contributed by atoms with Gasteiger partial charge < -0.3 is 26.7 Å². The van der Waals surface area contributed by atoms with Crippen molar-refractivity contribution < 1.29 is 26.7 Å². The van der Waals surface area contributed by atoms with Crippen molar-refractivity contribution in [3.8, 4) is 5.75 Å². The zero-order valence-electron chi connectivity index (χ0n) is 16.2. The van der Waals surface area contributed by atoms with Gasteiger partial charge in [-0.05, 0) is 38.0 Å². The molecule has 2 aromatic rings. The van der Waals surface area contributed by atoms with Gasteiger partial charge in [-0.2, -0.15) is 0 Å². The summed E-state index contributed by atoms with van der Waals surface area (Å²) in [4.78, 5) is 0. The Morgan fingerprint density at radius 1 is 1.08 bits per heavy atom. The molecule has 0 fully saturated rings. The van der Waals surface area contributed by atoms with Gasteiger partial charge in [0.25, 0.3) is 0 Å². The zero-order valence-corrected chi connectivity index (χ0v) is 17.7. The van der Waals surface area contributed by atoms with Gasteiger partial charge in [-0.3, -0.25) is 0 Å². The van der Waals surface area contributed by atoms with E-state index in [2.05, 4.69) is 33.2 Å². The Balaban J connectivity index is 0.00000338. The summed E-state index contributed by atoms with van der Waals surface area (Å²) in [6.07, 6.45) is -0.544. The quantitative estimate of drug-likeness (QED) is 0.713. The smallest absolute Gasteiger partial charge is 0.137 e. The van der Waals surface area contributed by atoms with E-state index in [1.54, 1.807) is 0 Å². The van der Waals surface area contributed by atoms with E-state index in [1.165, 1.54) is 5.56 Å². The maximum atomic E-state index is 10.5. The largest absolute Gasteiger partial charge is 1.00 e. The molecule has 0 aromatic heterocycles. The molecule has 0 bridgehead atoms. The van der Waals surface area contributed by atoms with Gasteiger partial charge in [0.15, 0.2) is 0 Å². The number of benzene rings is 2. The number of aliphatic hydroxyl groups is 1. The van der Waals surface area contributed by atoms with E-state index in [0.717, 1.165) is 34.0 Å². The molecule has 26 heavy (non-hydrogen) atoms. The molecular weight excluding hydrogens is 369 g/mol. The van der Waals surface area contributed by atoms with Crippen molar-refractivity contribution in [1.82, 2.24) is 0 Å². The highest BCUT2D eigenvalue weighted by Gasteiger charge is 2.23. The van der Waals surface area contributed by atoms with Crippen molar-refractivity contribution in [3.63, 3.8) is 0 Å². The number of likely N-dealkylation sites (N-methyl/N-ethyl adjacent to an activating group) is 1. The van der Waals surface area contributed by atoms with Crippen molar-refractivity contribution in [1.29, 1.82) is 0 Å². The average Bonchev–Trinajstić information content (AvgIpc) is 2.47. The van der Waals surface area contributed by atoms with Crippen LogP contribution in [-0.4, -0.2) is 42.9 Å². The van der Waals surface area contributed by atoms with E-state index in [9.17, 15) is 5.11 Å². The summed E-state index contributed by atoms with van der Waals surface area (Å²) in [6, 6.07) is 12.1. The lowest BCUT2D eigenvalue weighted by atomic mass is 10.1. The molecule has 1 N–H and O–H groups in total. The number of rotatable bonds is 7. The molecule has 0 saturated heterocycles. The van der Waals surface area contributed by atoms with Crippen LogP contribution in [0.1, 0.15) is 22.3 Å². The first-order chi connectivity index (χ1) is 11.7. The van der Waals surface area contributed by atoms with Crippen molar-refractivity contribution >= 4 is 11.6 Å². The second-order valence-electron chi connectivity index (χ2n) is 7.56. The van der Waals surface area contributed by atoms with Gasteiger partial charge in [0, 0.05) is 10.6 Å². The molecule has 3 nitrogen and oxygen atoms in total. The van der Waals surface area contributed by atoms with E-state index < -0.39 is 6.10 Å². The highest BCUT2D eigenvalue weighted by molar-refractivity contribution is 6.31. The molecule has 0 heterocycles. The Hall–Kier alpha value is -1.26. The topological polar surface area (TPSA) is 29.5 Å². The zero-order chi connectivity index (χ0) is 18.6. The van der Waals surface area contributed by atoms with Gasteiger partial charge in [-0.1, -0.05) is 47.5 Å². The Morgan fingerprint density at radius 2 is 1.65 bits per heavy atom. The minimum Gasteiger partial charge on any atom is -1.00 e. The van der Waals surface area contributed by atoms with Crippen LogP contribution in [0.3, 0.4) is 0 Å². The molecule has 1 atom stereocenters. The Kier molecular flexibility index (Phi) is 8.42. The molecule has 0 spiro atoms. The third kappa shape index (κ3) is 6.48. The van der Waals surface area contributed by atoms with E-state index in [1.807, 2.05) is 38.1 Å². The predicted octanol–water partition coefficient (Wildman–Crippen LogP) is 1.29. The summed E-state index contributed by atoms with van der Waals surface area (Å²) in [5, 5.41) is 11.2. The monoisotopic (exact) mass is 397 g/mol. The first-order valence-corrected chi connectivity index (χ1v) is 9.00. The average molecular weight is 398 g/mol. The standard InChI is InChI=1S/C21H29ClNO2.ClH/c1-15-10-16(2)21(17(3)11-15)25-14-19(24)13-23(4,5)12-18-8-6-7-9-20(18)22;/h6-11,19,24H,12-14H2,1-5H3;1H/q+1;/p-1. The third-order valence-electron chi connectivity index (χ3n) is 4.29. The maximum Gasteiger partial charge on any atom is 0.137 e. The first kappa shape index (κ1) is 22.8. The summed E-state index contributed by atoms with van der Waals surface area (Å²) >= 11 is 6.26. The van der Waals surface area contributed by atoms with Crippen LogP contribution in [0.4, 0.5) is 0 Å². The van der Waals surface area contributed by atoms with Crippen LogP contribution in [0.25, 0.3) is 0 Å². The fraction of sp³-hybridized carbons (Fsp3) is 0.429. The van der Waals surface area contributed by atoms with Crippen LogP contribution in [0.5, 0.6) is 5.75 Å². The molecule has 0 aliphatic rings. The molecule has 0 amide bonds. The number of nitrogens with zero attached hydrogens (tertiary/aromatic N) is 1. The van der Waals surface area contributed by atoms with Crippen molar-refractivity contribution in [2.24, 2.45) is 0 Å². The van der Waals surface area contributed by atoms with Crippen LogP contribution < -0.4 is 17.1 Å². The number of aliphatic hydroxyl groups excluding tert-OH is 1. The number of ether oxygens (including phenoxy) is 1. The fourth-order valence-corrected chi connectivity index (χ4v) is 3.55. The Bertz CT molecular complexity index is 709. The second kappa shape index (κ2) is 9.61. The SMILES string of the molecule is Cc1cc(C)c(OCC(O)C[N+](C)(C)Cc2ccccc2Cl)c(C)c1.[Cl-]. The van der Waals surface area contributed by atoms with Crippen molar-refractivity contribution in [3.05, 3.63) is 63.7 Å². The molecule has 0 radical (unpaired) electrons. The molecule has 5 heteroatoms. The van der Waals surface area contributed by atoms with E-state index in [-0.39, 0.29) is 19.0 Å². The fourth-order valence-electron chi connectivity index (χ4n) is 3.35. The molecule has 0 saturated carbocycles. The number of hydrogen-bond donors (Lipinski definition) is 1. The van der Waals surface area contributed by atoms with Crippen LogP contribution in [0, 0.1) is 20.8 Å². The van der Waals surface area contributed by atoms with Gasteiger partial charge in [-0.25, -0.2) is 0 Å². The number of quaternary nitrogens is 1. The second-order valence-corrected chi connectivity index (χ2v) is 7.97. The minimum absolute atomic E-state index is 0. The lowest BCUT2D eigenvalue weighted by Gasteiger charge is -2.32. The number of halogens is 2. The molecule has 0 aliphatic carbocycles. The molecule has 0 aliphatic heterocycles. The van der Waals surface area contributed by atoms with E-state index >= 15 is 0 Å². The summed E-state index contributed by atoms with van der Waals surface area (Å²) < 4.78 is 6.56. The summed E-state index contributed by atoms with van der Waals surface area (Å²) in [5.41, 5.74) is 4.52. The molecule has 144 valence electrons. The van der Waals surface area contributed by atoms with Crippen LogP contribution in [-0.2, 0) is 6.54 Å². The van der Waals surface area contributed by atoms with Gasteiger partial charge in [0.1, 0.15) is 31.5 Å². The minimum atomic E-state index is -0.544. The highest BCUT2D eigenvalue weighted by Crippen LogP contribution is 2.25. The van der Waals surface area contributed by atoms with Crippen molar-refractivity contribution in [2.45, 2.75) is 33.4 Å². The first-order valence-electron chi connectivity index (χ1n) is 8.62. The normalized spacial score (nSPS) is 12.4. The number of aryl methyl sites for hydroxylation is 3. The summed E-state index contributed by atoms with van der Waals surface area (Å²) in [5.74, 6) is 0.876. The van der Waals surface area contributed by atoms with Crippen LogP contribution in [0.15, 0.2) is 36.4 Å². The predicted molar refractivity (Wildman–Crippen MR) is 104 cm³/mol. The van der Waals surface area contributed by atoms with Crippen molar-refractivity contribution in [2.75, 3.05) is 27.2 Å². The van der Waals surface area contributed by atoms with E-state index in [0.29, 0.717) is 11.0 Å². The van der Waals surface area contributed by atoms with Crippen LogP contribution >= 0.6 is 11.6 Å². The molecule has 2 aromatic carbocycles. The van der Waals surface area contributed by atoms with Gasteiger partial charge in [0.2, 0.25) is 0 Å². The summed E-state index contributed by atoms with van der Waals surface area (Å²) in [7, 11) is 4.18. The molecule has 1 unspecified atom stereocenters. The maximum absolute atomic E-state index is 10.5. The van der Waals surface area contributed by atoms with Crippen LogP contribution in [0.2, 0.25) is 5.02 Å². The Labute approximate surface area is 168 Å². The molecule has 2 rings (SSSR count). The lowest BCUT2D eigenvalue weighted by Crippen LogP contribution is -3.00. The van der Waals surface area contributed by atoms with Gasteiger partial charge in [0.05, 0.1) is 14.1 Å². The third-order valence-corrected chi connectivity index (χ3v) is 4.65. The molecular formula is C21H29Cl2NO2. The highest BCUT2D eigenvalue weighted by atomic mass is 35.5.